The first-order valence-corrected chi connectivity index (χ1v) is 10.9. The van der Waals surface area contributed by atoms with Gasteiger partial charge >= 0.3 is 12.3 Å². The van der Waals surface area contributed by atoms with Gasteiger partial charge in [0.15, 0.2) is 0 Å². The van der Waals surface area contributed by atoms with E-state index in [-0.39, 0.29) is 19.8 Å². The number of carbonyl (C=O) groups excluding carboxylic acids is 2. The lowest BCUT2D eigenvalue weighted by Gasteiger charge is -2.13. The van der Waals surface area contributed by atoms with E-state index < -0.39 is 18.4 Å². The first-order chi connectivity index (χ1) is 14.1. The molecule has 0 aromatic heterocycles. The first kappa shape index (κ1) is 27.5. The minimum Gasteiger partial charge on any atom is -0.434 e. The predicted octanol–water partition coefficient (Wildman–Crippen LogP) is 4.35. The SMILES string of the molecule is CC(COC(=O)OCCCCCCCCO)OC(=O)OCCCCCCCCO. The molecule has 0 aromatic carbocycles. The molecule has 0 heterocycles. The van der Waals surface area contributed by atoms with Gasteiger partial charge in [-0.3, -0.25) is 0 Å². The normalized spacial score (nSPS) is 11.7. The molecule has 0 saturated heterocycles. The number of aliphatic hydroxyl groups is 2. The molecular weight excluding hydrogens is 380 g/mol. The quantitative estimate of drug-likeness (QED) is 0.234. The molecule has 0 bridgehead atoms. The van der Waals surface area contributed by atoms with Crippen molar-refractivity contribution >= 4 is 12.3 Å². The fraction of sp³-hybridized carbons (Fsp3) is 0.905. The van der Waals surface area contributed by atoms with Crippen molar-refractivity contribution in [1.29, 1.82) is 0 Å². The molecule has 1 unspecified atom stereocenters. The Morgan fingerprint density at radius 2 is 1.03 bits per heavy atom. The van der Waals surface area contributed by atoms with Gasteiger partial charge in [-0.25, -0.2) is 9.59 Å². The van der Waals surface area contributed by atoms with E-state index in [4.69, 9.17) is 29.2 Å². The molecule has 0 aliphatic heterocycles. The molecule has 1 atom stereocenters. The van der Waals surface area contributed by atoms with Crippen molar-refractivity contribution in [2.45, 2.75) is 90.1 Å². The van der Waals surface area contributed by atoms with Crippen LogP contribution in [0.25, 0.3) is 0 Å². The predicted molar refractivity (Wildman–Crippen MR) is 109 cm³/mol. The maximum absolute atomic E-state index is 11.6. The smallest absolute Gasteiger partial charge is 0.434 e. The Hall–Kier alpha value is -1.54. The molecule has 0 spiro atoms. The molecule has 8 heteroatoms. The van der Waals surface area contributed by atoms with Gasteiger partial charge in [-0.15, -0.1) is 0 Å². The van der Waals surface area contributed by atoms with E-state index in [9.17, 15) is 9.59 Å². The van der Waals surface area contributed by atoms with Crippen LogP contribution < -0.4 is 0 Å². The molecule has 172 valence electrons. The Bertz CT molecular complexity index is 389. The van der Waals surface area contributed by atoms with Crippen LogP contribution in [0.4, 0.5) is 9.59 Å². The molecular formula is C21H40O8. The summed E-state index contributed by atoms with van der Waals surface area (Å²) in [4.78, 5) is 23.0. The zero-order chi connectivity index (χ0) is 21.6. The van der Waals surface area contributed by atoms with Crippen LogP contribution in [-0.2, 0) is 18.9 Å². The standard InChI is InChI=1S/C21H40O8/c1-19(29-21(25)27-17-13-9-5-3-7-11-15-23)18-28-20(24)26-16-12-8-4-2-6-10-14-22/h19,22-23H,2-18H2,1H3. The van der Waals surface area contributed by atoms with Gasteiger partial charge in [0.1, 0.15) is 12.7 Å². The van der Waals surface area contributed by atoms with E-state index in [0.29, 0.717) is 13.2 Å². The van der Waals surface area contributed by atoms with Crippen LogP contribution in [-0.4, -0.2) is 61.7 Å². The molecule has 2 N–H and O–H groups in total. The van der Waals surface area contributed by atoms with E-state index in [1.54, 1.807) is 6.92 Å². The summed E-state index contributed by atoms with van der Waals surface area (Å²) in [5.74, 6) is 0. The average molecular weight is 421 g/mol. The van der Waals surface area contributed by atoms with Gasteiger partial charge in [0.05, 0.1) is 13.2 Å². The van der Waals surface area contributed by atoms with Crippen molar-refractivity contribution in [2.24, 2.45) is 0 Å². The van der Waals surface area contributed by atoms with E-state index in [1.807, 2.05) is 0 Å². The van der Waals surface area contributed by atoms with Crippen LogP contribution in [0.1, 0.15) is 84.0 Å². The molecule has 0 radical (unpaired) electrons. The summed E-state index contributed by atoms with van der Waals surface area (Å²) in [6.07, 6.45) is 9.27. The summed E-state index contributed by atoms with van der Waals surface area (Å²) in [5, 5.41) is 17.4. The maximum atomic E-state index is 11.6. The highest BCUT2D eigenvalue weighted by atomic mass is 16.7. The van der Waals surface area contributed by atoms with Crippen LogP contribution in [0.3, 0.4) is 0 Å². The van der Waals surface area contributed by atoms with Gasteiger partial charge in [-0.2, -0.15) is 0 Å². The van der Waals surface area contributed by atoms with Crippen LogP contribution in [0.5, 0.6) is 0 Å². The number of hydrogen-bond acceptors (Lipinski definition) is 8. The van der Waals surface area contributed by atoms with Gasteiger partial charge in [-0.05, 0) is 32.6 Å². The second-order valence-corrected chi connectivity index (χ2v) is 7.13. The van der Waals surface area contributed by atoms with Gasteiger partial charge in [0.2, 0.25) is 0 Å². The Labute approximate surface area is 174 Å². The summed E-state index contributed by atoms with van der Waals surface area (Å²) in [6.45, 7) is 2.61. The zero-order valence-electron chi connectivity index (χ0n) is 17.9. The van der Waals surface area contributed by atoms with Crippen LogP contribution >= 0.6 is 0 Å². The van der Waals surface area contributed by atoms with E-state index in [0.717, 1.165) is 77.0 Å². The number of ether oxygens (including phenoxy) is 4. The molecule has 0 rings (SSSR count). The molecule has 0 aliphatic rings. The number of unbranched alkanes of at least 4 members (excludes halogenated alkanes) is 10. The Morgan fingerprint density at radius 1 is 0.621 bits per heavy atom. The van der Waals surface area contributed by atoms with E-state index >= 15 is 0 Å². The third kappa shape index (κ3) is 21.0. The number of rotatable bonds is 19. The second kappa shape index (κ2) is 21.2. The lowest BCUT2D eigenvalue weighted by atomic mass is 10.1. The van der Waals surface area contributed by atoms with Gasteiger partial charge in [0.25, 0.3) is 0 Å². The lowest BCUT2D eigenvalue weighted by Crippen LogP contribution is -2.23. The topological polar surface area (TPSA) is 112 Å². The Kier molecular flexibility index (Phi) is 20.1. The second-order valence-electron chi connectivity index (χ2n) is 7.13. The number of aliphatic hydroxyl groups excluding tert-OH is 2. The van der Waals surface area contributed by atoms with Crippen LogP contribution in [0.2, 0.25) is 0 Å². The van der Waals surface area contributed by atoms with E-state index in [1.165, 1.54) is 0 Å². The highest BCUT2D eigenvalue weighted by molar-refractivity contribution is 5.61. The number of hydrogen-bond donors (Lipinski definition) is 2. The zero-order valence-corrected chi connectivity index (χ0v) is 17.9. The summed E-state index contributed by atoms with van der Waals surface area (Å²) in [5.41, 5.74) is 0. The monoisotopic (exact) mass is 420 g/mol. The fourth-order valence-electron chi connectivity index (χ4n) is 2.61. The van der Waals surface area contributed by atoms with Crippen molar-refractivity contribution in [3.63, 3.8) is 0 Å². The van der Waals surface area contributed by atoms with Crippen molar-refractivity contribution in [2.75, 3.05) is 33.0 Å². The maximum Gasteiger partial charge on any atom is 0.508 e. The Balaban J connectivity index is 3.48. The average Bonchev–Trinajstić information content (AvgIpc) is 2.70. The highest BCUT2D eigenvalue weighted by Gasteiger charge is 2.13. The first-order valence-electron chi connectivity index (χ1n) is 10.9. The molecule has 0 fully saturated rings. The third-order valence-electron chi connectivity index (χ3n) is 4.28. The molecule has 29 heavy (non-hydrogen) atoms. The largest absolute Gasteiger partial charge is 0.508 e. The van der Waals surface area contributed by atoms with E-state index in [2.05, 4.69) is 0 Å². The molecule has 8 nitrogen and oxygen atoms in total. The Morgan fingerprint density at radius 3 is 1.52 bits per heavy atom. The van der Waals surface area contributed by atoms with Crippen molar-refractivity contribution in [1.82, 2.24) is 0 Å². The third-order valence-corrected chi connectivity index (χ3v) is 4.28. The van der Waals surface area contributed by atoms with Crippen molar-refractivity contribution < 1.29 is 38.7 Å². The van der Waals surface area contributed by atoms with Gasteiger partial charge < -0.3 is 29.2 Å². The fourth-order valence-corrected chi connectivity index (χ4v) is 2.61. The molecule has 0 aromatic rings. The summed E-state index contributed by atoms with van der Waals surface area (Å²) >= 11 is 0. The van der Waals surface area contributed by atoms with Crippen LogP contribution in [0, 0.1) is 0 Å². The van der Waals surface area contributed by atoms with Crippen molar-refractivity contribution in [3.8, 4) is 0 Å². The molecule has 0 aliphatic carbocycles. The summed E-state index contributed by atoms with van der Waals surface area (Å²) < 4.78 is 19.9. The summed E-state index contributed by atoms with van der Waals surface area (Å²) in [7, 11) is 0. The highest BCUT2D eigenvalue weighted by Crippen LogP contribution is 2.07. The number of carbonyl (C=O) groups is 2. The minimum absolute atomic E-state index is 0.0834. The van der Waals surface area contributed by atoms with Gasteiger partial charge in [-0.1, -0.05) is 51.4 Å². The molecule has 0 amide bonds. The summed E-state index contributed by atoms with van der Waals surface area (Å²) in [6, 6.07) is 0. The minimum atomic E-state index is -0.768. The molecule has 0 saturated carbocycles. The van der Waals surface area contributed by atoms with Gasteiger partial charge in [0, 0.05) is 13.2 Å². The van der Waals surface area contributed by atoms with Crippen molar-refractivity contribution in [3.05, 3.63) is 0 Å². The lowest BCUT2D eigenvalue weighted by molar-refractivity contribution is -0.0113. The van der Waals surface area contributed by atoms with Crippen LogP contribution in [0.15, 0.2) is 0 Å².